The first-order valence-corrected chi connectivity index (χ1v) is 7.67. The van der Waals surface area contributed by atoms with E-state index < -0.39 is 23.1 Å². The topological polar surface area (TPSA) is 68.0 Å². The van der Waals surface area contributed by atoms with Crippen molar-refractivity contribution in [3.63, 3.8) is 0 Å². The molecule has 128 valence electrons. The predicted octanol–water partition coefficient (Wildman–Crippen LogP) is 4.14. The molecule has 1 aromatic carbocycles. The van der Waals surface area contributed by atoms with Crippen molar-refractivity contribution >= 4 is 11.7 Å². The summed E-state index contributed by atoms with van der Waals surface area (Å²) in [6.07, 6.45) is 2.20. The molecule has 1 amide bonds. The van der Waals surface area contributed by atoms with Gasteiger partial charge in [0.15, 0.2) is 5.89 Å². The number of anilines is 1. The van der Waals surface area contributed by atoms with E-state index in [9.17, 15) is 13.6 Å². The highest BCUT2D eigenvalue weighted by Crippen LogP contribution is 2.24. The maximum atomic E-state index is 13.6. The standard InChI is InChI=1S/C18H15F2N3O2/c1-3-14-17(22-10(2)25-14)11-7-8-15(21-9-11)23-18(24)16-12(19)5-4-6-13(16)20/h4-9H,3H2,1-2H3,(H,21,23,24). The number of amides is 1. The first-order valence-electron chi connectivity index (χ1n) is 7.67. The third kappa shape index (κ3) is 3.40. The fourth-order valence-electron chi connectivity index (χ4n) is 2.44. The van der Waals surface area contributed by atoms with Crippen LogP contribution in [0.4, 0.5) is 14.6 Å². The van der Waals surface area contributed by atoms with Gasteiger partial charge in [-0.1, -0.05) is 13.0 Å². The first-order chi connectivity index (χ1) is 12.0. The van der Waals surface area contributed by atoms with Gasteiger partial charge in [0.1, 0.15) is 34.5 Å². The number of nitrogens with zero attached hydrogens (tertiary/aromatic N) is 2. The maximum absolute atomic E-state index is 13.6. The average molecular weight is 343 g/mol. The molecule has 0 aliphatic heterocycles. The van der Waals surface area contributed by atoms with Crippen molar-refractivity contribution in [3.8, 4) is 11.3 Å². The van der Waals surface area contributed by atoms with Crippen molar-refractivity contribution in [1.82, 2.24) is 9.97 Å². The van der Waals surface area contributed by atoms with Gasteiger partial charge in [0.05, 0.1) is 0 Å². The lowest BCUT2D eigenvalue weighted by Gasteiger charge is -2.07. The summed E-state index contributed by atoms with van der Waals surface area (Å²) in [5.41, 5.74) is 0.767. The van der Waals surface area contributed by atoms with E-state index in [0.29, 0.717) is 18.0 Å². The Bertz CT molecular complexity index is 900. The zero-order valence-corrected chi connectivity index (χ0v) is 13.6. The lowest BCUT2D eigenvalue weighted by molar-refractivity contribution is 0.101. The fraction of sp³-hybridized carbons (Fsp3) is 0.167. The summed E-state index contributed by atoms with van der Waals surface area (Å²) >= 11 is 0. The third-order valence-electron chi connectivity index (χ3n) is 3.59. The maximum Gasteiger partial charge on any atom is 0.262 e. The van der Waals surface area contributed by atoms with Crippen molar-refractivity contribution in [2.75, 3.05) is 5.32 Å². The quantitative estimate of drug-likeness (QED) is 0.773. The van der Waals surface area contributed by atoms with Gasteiger partial charge in [-0.25, -0.2) is 18.7 Å². The molecular weight excluding hydrogens is 328 g/mol. The van der Waals surface area contributed by atoms with Gasteiger partial charge in [0.25, 0.3) is 5.91 Å². The second-order valence-electron chi connectivity index (χ2n) is 5.34. The highest BCUT2D eigenvalue weighted by molar-refractivity contribution is 6.04. The summed E-state index contributed by atoms with van der Waals surface area (Å²) in [5, 5.41) is 2.38. The van der Waals surface area contributed by atoms with Gasteiger partial charge in [0.2, 0.25) is 0 Å². The molecule has 2 aromatic heterocycles. The summed E-state index contributed by atoms with van der Waals surface area (Å²) in [7, 11) is 0. The Balaban J connectivity index is 1.82. The van der Waals surface area contributed by atoms with Crippen LogP contribution in [-0.4, -0.2) is 15.9 Å². The molecule has 0 radical (unpaired) electrons. The summed E-state index contributed by atoms with van der Waals surface area (Å²) in [6, 6.07) is 6.48. The van der Waals surface area contributed by atoms with Crippen LogP contribution in [0.15, 0.2) is 40.9 Å². The largest absolute Gasteiger partial charge is 0.445 e. The van der Waals surface area contributed by atoms with E-state index in [-0.39, 0.29) is 5.82 Å². The van der Waals surface area contributed by atoms with Gasteiger partial charge in [-0.2, -0.15) is 0 Å². The van der Waals surface area contributed by atoms with Crippen molar-refractivity contribution in [2.45, 2.75) is 20.3 Å². The predicted molar refractivity (Wildman–Crippen MR) is 88.2 cm³/mol. The van der Waals surface area contributed by atoms with E-state index in [1.54, 1.807) is 13.0 Å². The molecule has 0 aliphatic rings. The molecule has 0 saturated heterocycles. The van der Waals surface area contributed by atoms with E-state index >= 15 is 0 Å². The highest BCUT2D eigenvalue weighted by Gasteiger charge is 2.18. The van der Waals surface area contributed by atoms with Crippen LogP contribution >= 0.6 is 0 Å². The second-order valence-corrected chi connectivity index (χ2v) is 5.34. The van der Waals surface area contributed by atoms with Crippen molar-refractivity contribution in [1.29, 1.82) is 0 Å². The number of oxazole rings is 1. The van der Waals surface area contributed by atoms with Gasteiger partial charge in [-0.05, 0) is 24.3 Å². The Morgan fingerprint density at radius 2 is 1.92 bits per heavy atom. The van der Waals surface area contributed by atoms with Crippen LogP contribution in [0.25, 0.3) is 11.3 Å². The van der Waals surface area contributed by atoms with Crippen molar-refractivity contribution in [3.05, 3.63) is 65.4 Å². The van der Waals surface area contributed by atoms with E-state index in [2.05, 4.69) is 15.3 Å². The van der Waals surface area contributed by atoms with Crippen LogP contribution in [0.3, 0.4) is 0 Å². The summed E-state index contributed by atoms with van der Waals surface area (Å²) in [4.78, 5) is 20.5. The average Bonchev–Trinajstić information content (AvgIpc) is 2.96. The molecule has 0 aliphatic carbocycles. The molecule has 25 heavy (non-hydrogen) atoms. The molecule has 0 saturated carbocycles. The van der Waals surface area contributed by atoms with Crippen LogP contribution in [0, 0.1) is 18.6 Å². The lowest BCUT2D eigenvalue weighted by Crippen LogP contribution is -2.16. The Morgan fingerprint density at radius 1 is 1.20 bits per heavy atom. The molecule has 7 heteroatoms. The summed E-state index contributed by atoms with van der Waals surface area (Å²) in [5.74, 6) is -1.29. The Kier molecular flexibility index (Phi) is 4.56. The molecule has 0 fully saturated rings. The van der Waals surface area contributed by atoms with Crippen LogP contribution in [0.1, 0.15) is 28.9 Å². The molecule has 3 rings (SSSR count). The Morgan fingerprint density at radius 3 is 2.52 bits per heavy atom. The number of hydrogen-bond donors (Lipinski definition) is 1. The number of pyridine rings is 1. The van der Waals surface area contributed by atoms with Crippen LogP contribution in [-0.2, 0) is 6.42 Å². The third-order valence-corrected chi connectivity index (χ3v) is 3.59. The van der Waals surface area contributed by atoms with E-state index in [1.165, 1.54) is 18.3 Å². The number of carbonyl (C=O) groups is 1. The van der Waals surface area contributed by atoms with Gasteiger partial charge in [0, 0.05) is 25.1 Å². The molecule has 1 N–H and O–H groups in total. The number of aromatic nitrogens is 2. The minimum absolute atomic E-state index is 0.176. The van der Waals surface area contributed by atoms with Gasteiger partial charge in [-0.3, -0.25) is 4.79 Å². The summed E-state index contributed by atoms with van der Waals surface area (Å²) < 4.78 is 32.8. The van der Waals surface area contributed by atoms with E-state index in [0.717, 1.165) is 23.5 Å². The number of aryl methyl sites for hydroxylation is 2. The Hall–Kier alpha value is -3.09. The van der Waals surface area contributed by atoms with Gasteiger partial charge >= 0.3 is 0 Å². The minimum atomic E-state index is -0.931. The molecular formula is C18H15F2N3O2. The van der Waals surface area contributed by atoms with Crippen molar-refractivity contribution in [2.24, 2.45) is 0 Å². The normalized spacial score (nSPS) is 10.7. The molecule has 5 nitrogen and oxygen atoms in total. The molecule has 0 bridgehead atoms. The van der Waals surface area contributed by atoms with Crippen LogP contribution in [0.2, 0.25) is 0 Å². The lowest BCUT2D eigenvalue weighted by atomic mass is 10.1. The van der Waals surface area contributed by atoms with Gasteiger partial charge in [-0.15, -0.1) is 0 Å². The molecule has 2 heterocycles. The smallest absolute Gasteiger partial charge is 0.262 e. The van der Waals surface area contributed by atoms with Crippen molar-refractivity contribution < 1.29 is 18.0 Å². The molecule has 0 unspecified atom stereocenters. The number of carbonyl (C=O) groups excluding carboxylic acids is 1. The number of halogens is 2. The zero-order chi connectivity index (χ0) is 18.0. The van der Waals surface area contributed by atoms with Gasteiger partial charge < -0.3 is 9.73 Å². The molecule has 3 aromatic rings. The van der Waals surface area contributed by atoms with E-state index in [1.807, 2.05) is 6.92 Å². The second kappa shape index (κ2) is 6.80. The monoisotopic (exact) mass is 343 g/mol. The summed E-state index contributed by atoms with van der Waals surface area (Å²) in [6.45, 7) is 3.71. The number of benzene rings is 1. The number of hydrogen-bond acceptors (Lipinski definition) is 4. The van der Waals surface area contributed by atoms with Crippen LogP contribution < -0.4 is 5.32 Å². The SMILES string of the molecule is CCc1oc(C)nc1-c1ccc(NC(=O)c2c(F)cccc2F)nc1. The fourth-order valence-corrected chi connectivity index (χ4v) is 2.44. The molecule has 0 spiro atoms. The molecule has 0 atom stereocenters. The highest BCUT2D eigenvalue weighted by atomic mass is 19.1. The first kappa shape index (κ1) is 16.8. The van der Waals surface area contributed by atoms with E-state index in [4.69, 9.17) is 4.42 Å². The number of nitrogens with one attached hydrogen (secondary N) is 1. The number of rotatable bonds is 4. The minimum Gasteiger partial charge on any atom is -0.445 e. The van der Waals surface area contributed by atoms with Crippen LogP contribution in [0.5, 0.6) is 0 Å². The zero-order valence-electron chi connectivity index (χ0n) is 13.6. The Labute approximate surface area is 142 Å².